The van der Waals surface area contributed by atoms with Crippen LogP contribution in [0, 0.1) is 6.92 Å². The van der Waals surface area contributed by atoms with Crippen molar-refractivity contribution in [2.45, 2.75) is 26.7 Å². The number of benzene rings is 2. The van der Waals surface area contributed by atoms with Gasteiger partial charge in [-0.3, -0.25) is 4.79 Å². The van der Waals surface area contributed by atoms with E-state index >= 15 is 0 Å². The molecule has 0 aliphatic rings. The second-order valence-corrected chi connectivity index (χ2v) is 7.34. The number of hydrogen-bond donors (Lipinski definition) is 0. The zero-order valence-electron chi connectivity index (χ0n) is 16.0. The molecule has 2 aromatic carbocycles. The Morgan fingerprint density at radius 3 is 2.20 bits per heavy atom. The molecule has 0 saturated carbocycles. The van der Waals surface area contributed by atoms with Crippen LogP contribution in [0.4, 0.5) is 5.69 Å². The lowest BCUT2D eigenvalue weighted by atomic mass is 10.1. The Morgan fingerprint density at radius 2 is 1.60 bits per heavy atom. The topological polar surface area (TPSA) is 20.3 Å². The molecule has 2 rings (SSSR count). The van der Waals surface area contributed by atoms with Gasteiger partial charge in [0.15, 0.2) is 0 Å². The highest BCUT2D eigenvalue weighted by Gasteiger charge is 2.18. The van der Waals surface area contributed by atoms with Crippen LogP contribution in [0.15, 0.2) is 54.6 Å². The average Bonchev–Trinajstić information content (AvgIpc) is 2.62. The summed E-state index contributed by atoms with van der Waals surface area (Å²) in [4.78, 5) is 14.9. The first-order valence-corrected chi connectivity index (χ1v) is 9.18. The molecule has 3 nitrogen and oxygen atoms in total. The van der Waals surface area contributed by atoms with Crippen LogP contribution >= 0.6 is 0 Å². The van der Waals surface area contributed by atoms with Crippen molar-refractivity contribution in [2.24, 2.45) is 0 Å². The van der Waals surface area contributed by atoms with Crippen molar-refractivity contribution in [1.82, 2.24) is 0 Å². The summed E-state index contributed by atoms with van der Waals surface area (Å²) in [5.74, 6) is 0.0791. The zero-order chi connectivity index (χ0) is 18.3. The van der Waals surface area contributed by atoms with E-state index < -0.39 is 0 Å². The molecular formula is C22H31N2O+. The number of nitrogens with zero attached hydrogens (tertiary/aromatic N) is 2. The first kappa shape index (κ1) is 19.2. The molecule has 25 heavy (non-hydrogen) atoms. The second kappa shape index (κ2) is 8.82. The Balaban J connectivity index is 2.09. The van der Waals surface area contributed by atoms with E-state index in [1.807, 2.05) is 66.4 Å². The van der Waals surface area contributed by atoms with Crippen LogP contribution in [-0.4, -0.2) is 44.1 Å². The van der Waals surface area contributed by atoms with E-state index in [1.54, 1.807) is 0 Å². The van der Waals surface area contributed by atoms with Gasteiger partial charge in [-0.1, -0.05) is 35.9 Å². The van der Waals surface area contributed by atoms with Crippen molar-refractivity contribution in [1.29, 1.82) is 0 Å². The fraction of sp³-hybridized carbons (Fsp3) is 0.409. The second-order valence-electron chi connectivity index (χ2n) is 7.34. The summed E-state index contributed by atoms with van der Waals surface area (Å²) in [6.45, 7) is 7.27. The van der Waals surface area contributed by atoms with Crippen LogP contribution < -0.4 is 4.90 Å². The molecule has 0 aliphatic heterocycles. The number of quaternary nitrogens is 1. The van der Waals surface area contributed by atoms with Crippen molar-refractivity contribution < 1.29 is 9.28 Å². The molecule has 0 radical (unpaired) electrons. The van der Waals surface area contributed by atoms with Gasteiger partial charge < -0.3 is 9.38 Å². The Kier molecular flexibility index (Phi) is 6.77. The highest BCUT2D eigenvalue weighted by atomic mass is 16.2. The molecule has 0 N–H and O–H groups in total. The summed E-state index contributed by atoms with van der Waals surface area (Å²) < 4.78 is 1.03. The number of amides is 1. The van der Waals surface area contributed by atoms with Crippen molar-refractivity contribution >= 4 is 11.6 Å². The van der Waals surface area contributed by atoms with Gasteiger partial charge in [-0.05, 0) is 51.0 Å². The average molecular weight is 340 g/mol. The van der Waals surface area contributed by atoms with Crippen LogP contribution in [0.3, 0.4) is 0 Å². The summed E-state index contributed by atoms with van der Waals surface area (Å²) in [7, 11) is 4.51. The van der Waals surface area contributed by atoms with E-state index in [4.69, 9.17) is 0 Å². The lowest BCUT2D eigenvalue weighted by Gasteiger charge is -2.29. The molecule has 134 valence electrons. The van der Waals surface area contributed by atoms with E-state index in [1.165, 1.54) is 5.56 Å². The number of anilines is 1. The molecule has 2 aromatic rings. The summed E-state index contributed by atoms with van der Waals surface area (Å²) >= 11 is 0. The van der Waals surface area contributed by atoms with Crippen LogP contribution in [0.1, 0.15) is 35.7 Å². The summed E-state index contributed by atoms with van der Waals surface area (Å²) in [5.41, 5.74) is 2.89. The van der Waals surface area contributed by atoms with Gasteiger partial charge >= 0.3 is 0 Å². The minimum absolute atomic E-state index is 0.0791. The van der Waals surface area contributed by atoms with Crippen molar-refractivity contribution in [2.75, 3.05) is 38.6 Å². The monoisotopic (exact) mass is 339 g/mol. The Morgan fingerprint density at radius 1 is 0.960 bits per heavy atom. The molecule has 0 bridgehead atoms. The number of carbonyl (C=O) groups is 1. The van der Waals surface area contributed by atoms with Crippen LogP contribution in [0.2, 0.25) is 0 Å². The van der Waals surface area contributed by atoms with E-state index in [0.717, 1.165) is 48.2 Å². The quantitative estimate of drug-likeness (QED) is 0.511. The van der Waals surface area contributed by atoms with Crippen LogP contribution in [0.5, 0.6) is 0 Å². The van der Waals surface area contributed by atoms with E-state index in [9.17, 15) is 4.79 Å². The maximum Gasteiger partial charge on any atom is 0.258 e. The SMILES string of the molecule is CC[N+](C)(C)CCCCN(C(=O)c1ccc(C)cc1)c1ccccc1. The number of carbonyl (C=O) groups excluding carboxylic acids is 1. The first-order valence-electron chi connectivity index (χ1n) is 9.18. The Bertz CT molecular complexity index is 662. The zero-order valence-corrected chi connectivity index (χ0v) is 16.0. The highest BCUT2D eigenvalue weighted by Crippen LogP contribution is 2.18. The predicted molar refractivity (Wildman–Crippen MR) is 106 cm³/mol. The third-order valence-electron chi connectivity index (χ3n) is 4.86. The molecule has 0 aliphatic carbocycles. The summed E-state index contributed by atoms with van der Waals surface area (Å²) in [6, 6.07) is 17.8. The molecule has 3 heteroatoms. The Labute approximate surface area is 152 Å². The van der Waals surface area contributed by atoms with Gasteiger partial charge in [0, 0.05) is 17.8 Å². The van der Waals surface area contributed by atoms with Gasteiger partial charge in [0.1, 0.15) is 0 Å². The fourth-order valence-electron chi connectivity index (χ4n) is 2.78. The molecule has 0 aromatic heterocycles. The molecule has 0 fully saturated rings. The molecular weight excluding hydrogens is 308 g/mol. The number of unbranched alkanes of at least 4 members (excludes halogenated alkanes) is 1. The van der Waals surface area contributed by atoms with Gasteiger partial charge in [0.25, 0.3) is 5.91 Å². The van der Waals surface area contributed by atoms with Crippen LogP contribution in [0.25, 0.3) is 0 Å². The van der Waals surface area contributed by atoms with Gasteiger partial charge in [-0.15, -0.1) is 0 Å². The highest BCUT2D eigenvalue weighted by molar-refractivity contribution is 6.06. The van der Waals surface area contributed by atoms with Gasteiger partial charge in [0.05, 0.1) is 27.2 Å². The van der Waals surface area contributed by atoms with Crippen molar-refractivity contribution in [3.63, 3.8) is 0 Å². The molecule has 0 saturated heterocycles. The lowest BCUT2D eigenvalue weighted by molar-refractivity contribution is -0.888. The van der Waals surface area contributed by atoms with Crippen molar-refractivity contribution in [3.8, 4) is 0 Å². The maximum absolute atomic E-state index is 13.0. The standard InChI is InChI=1S/C22H31N2O/c1-5-24(3,4)18-10-9-17-23(21-11-7-6-8-12-21)22(25)20-15-13-19(2)14-16-20/h6-8,11-16H,5,9-10,17-18H2,1-4H3/q+1. The fourth-order valence-corrected chi connectivity index (χ4v) is 2.78. The maximum atomic E-state index is 13.0. The van der Waals surface area contributed by atoms with E-state index in [0.29, 0.717) is 0 Å². The minimum Gasteiger partial charge on any atom is -0.329 e. The minimum atomic E-state index is 0.0791. The van der Waals surface area contributed by atoms with Gasteiger partial charge in [0.2, 0.25) is 0 Å². The molecule has 1 amide bonds. The molecule has 0 atom stereocenters. The van der Waals surface area contributed by atoms with Gasteiger partial charge in [-0.2, -0.15) is 0 Å². The third kappa shape index (κ3) is 5.71. The van der Waals surface area contributed by atoms with Crippen LogP contribution in [-0.2, 0) is 0 Å². The molecule has 0 spiro atoms. The van der Waals surface area contributed by atoms with E-state index in [-0.39, 0.29) is 5.91 Å². The predicted octanol–water partition coefficient (Wildman–Crippen LogP) is 4.52. The van der Waals surface area contributed by atoms with E-state index in [2.05, 4.69) is 21.0 Å². The Hall–Kier alpha value is -2.13. The number of hydrogen-bond acceptors (Lipinski definition) is 1. The normalized spacial score (nSPS) is 11.4. The molecule has 0 unspecified atom stereocenters. The lowest BCUT2D eigenvalue weighted by Crippen LogP contribution is -2.40. The number of para-hydroxylation sites is 1. The number of rotatable bonds is 8. The third-order valence-corrected chi connectivity index (χ3v) is 4.86. The van der Waals surface area contributed by atoms with Gasteiger partial charge in [-0.25, -0.2) is 0 Å². The van der Waals surface area contributed by atoms with Crippen molar-refractivity contribution in [3.05, 3.63) is 65.7 Å². The first-order chi connectivity index (χ1) is 11.9. The summed E-state index contributed by atoms with van der Waals surface area (Å²) in [6.07, 6.45) is 2.12. The summed E-state index contributed by atoms with van der Waals surface area (Å²) in [5, 5.41) is 0. The number of aryl methyl sites for hydroxylation is 1. The molecule has 0 heterocycles. The largest absolute Gasteiger partial charge is 0.329 e. The smallest absolute Gasteiger partial charge is 0.258 e.